The maximum atomic E-state index is 4.48. The fraction of sp³-hybridized carbons (Fsp3) is 0.385. The lowest BCUT2D eigenvalue weighted by Gasteiger charge is -2.11. The highest BCUT2D eigenvalue weighted by atomic mass is 15.2. The molecule has 0 fully saturated rings. The van der Waals surface area contributed by atoms with Crippen molar-refractivity contribution in [3.05, 3.63) is 42.0 Å². The van der Waals surface area contributed by atoms with E-state index in [0.29, 0.717) is 6.04 Å². The van der Waals surface area contributed by atoms with Gasteiger partial charge in [0.05, 0.1) is 12.2 Å². The van der Waals surface area contributed by atoms with Gasteiger partial charge in [-0.25, -0.2) is 4.98 Å². The predicted octanol–water partition coefficient (Wildman–Crippen LogP) is 2.46. The first-order valence-electron chi connectivity index (χ1n) is 5.84. The Kier molecular flexibility index (Phi) is 3.42. The topological polar surface area (TPSA) is 42.7 Å². The van der Waals surface area contributed by atoms with Crippen LogP contribution in [-0.4, -0.2) is 20.6 Å². The van der Waals surface area contributed by atoms with Crippen molar-refractivity contribution < 1.29 is 0 Å². The van der Waals surface area contributed by atoms with Crippen LogP contribution in [0.25, 0.3) is 0 Å². The molecule has 0 spiro atoms. The number of rotatable bonds is 4. The molecule has 0 amide bonds. The summed E-state index contributed by atoms with van der Waals surface area (Å²) < 4.78 is 2.12. The Morgan fingerprint density at radius 1 is 1.41 bits per heavy atom. The fourth-order valence-corrected chi connectivity index (χ4v) is 1.73. The number of pyridine rings is 1. The van der Waals surface area contributed by atoms with Gasteiger partial charge in [-0.2, -0.15) is 0 Å². The summed E-state index contributed by atoms with van der Waals surface area (Å²) in [6.07, 6.45) is 5.72. The quantitative estimate of drug-likeness (QED) is 0.877. The highest BCUT2D eigenvalue weighted by Gasteiger charge is 2.06. The van der Waals surface area contributed by atoms with E-state index in [1.807, 2.05) is 19.2 Å². The summed E-state index contributed by atoms with van der Waals surface area (Å²) in [5.74, 6) is 0.918. The van der Waals surface area contributed by atoms with Crippen LogP contribution in [0.1, 0.15) is 25.1 Å². The minimum Gasteiger partial charge on any atom is -0.353 e. The summed E-state index contributed by atoms with van der Waals surface area (Å²) in [6, 6.07) is 4.40. The molecule has 17 heavy (non-hydrogen) atoms. The summed E-state index contributed by atoms with van der Waals surface area (Å²) in [4.78, 5) is 8.60. The van der Waals surface area contributed by atoms with E-state index in [9.17, 15) is 0 Å². The molecule has 2 rings (SSSR count). The van der Waals surface area contributed by atoms with Crippen molar-refractivity contribution >= 4 is 5.95 Å². The zero-order valence-electron chi connectivity index (χ0n) is 10.5. The summed E-state index contributed by atoms with van der Waals surface area (Å²) in [6.45, 7) is 7.02. The molecule has 1 N–H and O–H groups in total. The number of hydrogen-bond donors (Lipinski definition) is 1. The Morgan fingerprint density at radius 2 is 2.24 bits per heavy atom. The van der Waals surface area contributed by atoms with Gasteiger partial charge < -0.3 is 9.88 Å². The van der Waals surface area contributed by atoms with Gasteiger partial charge in [-0.3, -0.25) is 4.98 Å². The Morgan fingerprint density at radius 3 is 2.88 bits per heavy atom. The molecule has 2 aromatic heterocycles. The molecule has 2 aromatic rings. The van der Waals surface area contributed by atoms with Gasteiger partial charge >= 0.3 is 0 Å². The van der Waals surface area contributed by atoms with E-state index in [4.69, 9.17) is 0 Å². The zero-order valence-corrected chi connectivity index (χ0v) is 10.5. The second-order valence-electron chi connectivity index (χ2n) is 4.49. The van der Waals surface area contributed by atoms with Crippen LogP contribution in [0.15, 0.2) is 30.7 Å². The number of nitrogens with one attached hydrogen (secondary N) is 1. The number of anilines is 1. The number of hydrogen-bond acceptors (Lipinski definition) is 3. The first-order chi connectivity index (χ1) is 8.15. The molecular formula is C13H18N4. The van der Waals surface area contributed by atoms with Gasteiger partial charge in [0, 0.05) is 24.6 Å². The first-order valence-corrected chi connectivity index (χ1v) is 5.84. The normalized spacial score (nSPS) is 10.8. The van der Waals surface area contributed by atoms with Crippen LogP contribution in [0.2, 0.25) is 0 Å². The zero-order chi connectivity index (χ0) is 12.3. The van der Waals surface area contributed by atoms with Crippen molar-refractivity contribution in [2.45, 2.75) is 33.4 Å². The molecule has 0 bridgehead atoms. The van der Waals surface area contributed by atoms with Crippen molar-refractivity contribution in [2.75, 3.05) is 5.32 Å². The van der Waals surface area contributed by atoms with Crippen LogP contribution in [-0.2, 0) is 6.54 Å². The largest absolute Gasteiger partial charge is 0.353 e. The lowest BCUT2D eigenvalue weighted by molar-refractivity contribution is 0.771. The first kappa shape index (κ1) is 11.6. The molecule has 0 aliphatic heterocycles. The number of imidazole rings is 1. The van der Waals surface area contributed by atoms with Gasteiger partial charge in [0.2, 0.25) is 5.95 Å². The van der Waals surface area contributed by atoms with Crippen molar-refractivity contribution in [2.24, 2.45) is 0 Å². The maximum Gasteiger partial charge on any atom is 0.203 e. The van der Waals surface area contributed by atoms with Gasteiger partial charge in [-0.05, 0) is 32.4 Å². The lowest BCUT2D eigenvalue weighted by atomic mass is 10.3. The van der Waals surface area contributed by atoms with Crippen LogP contribution in [0, 0.1) is 6.92 Å². The molecule has 0 aliphatic carbocycles. The van der Waals surface area contributed by atoms with Crippen LogP contribution in [0.4, 0.5) is 5.95 Å². The van der Waals surface area contributed by atoms with Gasteiger partial charge in [-0.1, -0.05) is 6.07 Å². The molecule has 0 saturated carbocycles. The monoisotopic (exact) mass is 230 g/mol. The van der Waals surface area contributed by atoms with Crippen molar-refractivity contribution in [3.63, 3.8) is 0 Å². The molecule has 0 saturated heterocycles. The van der Waals surface area contributed by atoms with E-state index in [1.54, 1.807) is 6.20 Å². The van der Waals surface area contributed by atoms with Gasteiger partial charge in [0.1, 0.15) is 0 Å². The summed E-state index contributed by atoms with van der Waals surface area (Å²) in [7, 11) is 0. The van der Waals surface area contributed by atoms with E-state index in [0.717, 1.165) is 18.2 Å². The summed E-state index contributed by atoms with van der Waals surface area (Å²) in [5, 5.41) is 3.35. The third-order valence-corrected chi connectivity index (χ3v) is 2.39. The molecular weight excluding hydrogens is 212 g/mol. The minimum atomic E-state index is 0.379. The average Bonchev–Trinajstić information content (AvgIpc) is 2.59. The van der Waals surface area contributed by atoms with E-state index in [1.165, 1.54) is 5.56 Å². The molecule has 0 aliphatic rings. The smallest absolute Gasteiger partial charge is 0.203 e. The second-order valence-corrected chi connectivity index (χ2v) is 4.49. The Labute approximate surface area is 102 Å². The standard InChI is InChI=1S/C13H18N4/c1-10(2)15-13-16-11(3)8-17(13)9-12-5-4-6-14-7-12/h4-8,10H,9H2,1-3H3,(H,15,16). The van der Waals surface area contributed by atoms with E-state index in [2.05, 4.69) is 46.0 Å². The molecule has 0 unspecified atom stereocenters. The highest BCUT2D eigenvalue weighted by molar-refractivity contribution is 5.31. The second kappa shape index (κ2) is 4.99. The molecule has 0 aromatic carbocycles. The number of aromatic nitrogens is 3. The van der Waals surface area contributed by atoms with E-state index in [-0.39, 0.29) is 0 Å². The average molecular weight is 230 g/mol. The van der Waals surface area contributed by atoms with Gasteiger partial charge in [0.25, 0.3) is 0 Å². The Hall–Kier alpha value is -1.84. The molecule has 0 atom stereocenters. The predicted molar refractivity (Wildman–Crippen MR) is 69.1 cm³/mol. The SMILES string of the molecule is Cc1cn(Cc2cccnc2)c(NC(C)C)n1. The third kappa shape index (κ3) is 3.06. The summed E-state index contributed by atoms with van der Waals surface area (Å²) >= 11 is 0. The van der Waals surface area contributed by atoms with Gasteiger partial charge in [0.15, 0.2) is 0 Å². The van der Waals surface area contributed by atoms with E-state index < -0.39 is 0 Å². The number of nitrogens with zero attached hydrogens (tertiary/aromatic N) is 3. The van der Waals surface area contributed by atoms with Crippen LogP contribution in [0.5, 0.6) is 0 Å². The van der Waals surface area contributed by atoms with Crippen LogP contribution < -0.4 is 5.32 Å². The third-order valence-electron chi connectivity index (χ3n) is 2.39. The Bertz CT molecular complexity index is 473. The highest BCUT2D eigenvalue weighted by Crippen LogP contribution is 2.12. The van der Waals surface area contributed by atoms with Crippen LogP contribution in [0.3, 0.4) is 0 Å². The lowest BCUT2D eigenvalue weighted by Crippen LogP contribution is -2.15. The summed E-state index contributed by atoms with van der Waals surface area (Å²) in [5.41, 5.74) is 2.20. The minimum absolute atomic E-state index is 0.379. The molecule has 2 heterocycles. The maximum absolute atomic E-state index is 4.48. The molecule has 4 nitrogen and oxygen atoms in total. The van der Waals surface area contributed by atoms with Crippen LogP contribution >= 0.6 is 0 Å². The van der Waals surface area contributed by atoms with Crippen molar-refractivity contribution in [1.29, 1.82) is 0 Å². The molecule has 90 valence electrons. The van der Waals surface area contributed by atoms with E-state index >= 15 is 0 Å². The Balaban J connectivity index is 2.20. The number of aryl methyl sites for hydroxylation is 1. The molecule has 4 heteroatoms. The van der Waals surface area contributed by atoms with Crippen molar-refractivity contribution in [3.8, 4) is 0 Å². The van der Waals surface area contributed by atoms with Crippen molar-refractivity contribution in [1.82, 2.24) is 14.5 Å². The van der Waals surface area contributed by atoms with Gasteiger partial charge in [-0.15, -0.1) is 0 Å². The fourth-order valence-electron chi connectivity index (χ4n) is 1.73. The molecule has 0 radical (unpaired) electrons.